The van der Waals surface area contributed by atoms with Crippen molar-refractivity contribution >= 4 is 12.4 Å². The third kappa shape index (κ3) is 2.30. The highest BCUT2D eigenvalue weighted by atomic mass is 35.5. The Bertz CT molecular complexity index is 610. The molecule has 128 valence electrons. The quantitative estimate of drug-likeness (QED) is 0.585. The van der Waals surface area contributed by atoms with Crippen LogP contribution in [0.25, 0.3) is 0 Å². The number of fused-ring (bicyclic) bond motifs is 5. The molecule has 0 aromatic heterocycles. The zero-order chi connectivity index (χ0) is 15.6. The Labute approximate surface area is 143 Å². The van der Waals surface area contributed by atoms with Crippen LogP contribution in [0.2, 0.25) is 0 Å². The van der Waals surface area contributed by atoms with Gasteiger partial charge < -0.3 is 21.1 Å². The predicted molar refractivity (Wildman–Crippen MR) is 90.6 cm³/mol. The van der Waals surface area contributed by atoms with Gasteiger partial charge in [-0.05, 0) is 72.1 Å². The molecule has 5 N–H and O–H groups in total. The van der Waals surface area contributed by atoms with Gasteiger partial charge in [0.15, 0.2) is 0 Å². The largest absolute Gasteiger partial charge is 0.508 e. The van der Waals surface area contributed by atoms with Crippen molar-refractivity contribution in [3.05, 3.63) is 29.3 Å². The molecule has 23 heavy (non-hydrogen) atoms. The average Bonchev–Trinajstić information content (AvgIpc) is 2.72. The second-order valence-electron chi connectivity index (χ2n) is 7.82. The van der Waals surface area contributed by atoms with E-state index in [1.165, 1.54) is 5.56 Å². The minimum absolute atomic E-state index is 0. The molecular weight excluding hydrogens is 314 g/mol. The maximum Gasteiger partial charge on any atom is 0.115 e. The van der Waals surface area contributed by atoms with E-state index in [0.29, 0.717) is 24.2 Å². The molecule has 4 rings (SSSR count). The molecule has 0 heterocycles. The van der Waals surface area contributed by atoms with Crippen LogP contribution in [0.1, 0.15) is 55.7 Å². The lowest BCUT2D eigenvalue weighted by atomic mass is 9.55. The third-order valence-corrected chi connectivity index (χ3v) is 6.81. The number of rotatable bonds is 0. The van der Waals surface area contributed by atoms with E-state index in [9.17, 15) is 15.3 Å². The van der Waals surface area contributed by atoms with E-state index < -0.39 is 12.2 Å². The average molecular weight is 340 g/mol. The van der Waals surface area contributed by atoms with Gasteiger partial charge in [0.2, 0.25) is 0 Å². The van der Waals surface area contributed by atoms with Crippen molar-refractivity contribution in [3.63, 3.8) is 0 Å². The van der Waals surface area contributed by atoms with Gasteiger partial charge in [-0.25, -0.2) is 0 Å². The van der Waals surface area contributed by atoms with E-state index in [0.717, 1.165) is 24.8 Å². The van der Waals surface area contributed by atoms with E-state index >= 15 is 0 Å². The normalized spacial score (nSPS) is 44.7. The van der Waals surface area contributed by atoms with Gasteiger partial charge in [-0.2, -0.15) is 0 Å². The molecule has 0 bridgehead atoms. The number of aliphatic hydroxyl groups excluding tert-OH is 2. The molecule has 3 unspecified atom stereocenters. The van der Waals surface area contributed by atoms with Gasteiger partial charge in [0.05, 0.1) is 12.2 Å². The predicted octanol–water partition coefficient (Wildman–Crippen LogP) is 2.46. The fraction of sp³-hybridized carbons (Fsp3) is 0.667. The van der Waals surface area contributed by atoms with Gasteiger partial charge in [0.1, 0.15) is 5.75 Å². The van der Waals surface area contributed by atoms with Gasteiger partial charge in [-0.1, -0.05) is 13.0 Å². The van der Waals surface area contributed by atoms with Crippen LogP contribution in [-0.2, 0) is 0 Å². The molecule has 0 aliphatic heterocycles. The van der Waals surface area contributed by atoms with E-state index in [4.69, 9.17) is 5.73 Å². The zero-order valence-electron chi connectivity index (χ0n) is 13.4. The summed E-state index contributed by atoms with van der Waals surface area (Å²) in [5, 5.41) is 30.3. The standard InChI is InChI=1S/C18H25NO3.ClH/c1-18-5-4-11-10-3-2-9(20)6-13(10)15(19)7-12(11)14(18)8-16(21)17(18)22;/h2-3,6,11-12,14-17,20-22H,4-5,7-8,19H2,1H3;1H/t11?,12?,14?,15-,16-,17+,18+;/m1./s1. The second kappa shape index (κ2) is 5.62. The van der Waals surface area contributed by atoms with Crippen LogP contribution in [0.15, 0.2) is 18.2 Å². The summed E-state index contributed by atoms with van der Waals surface area (Å²) in [5.41, 5.74) is 8.53. The summed E-state index contributed by atoms with van der Waals surface area (Å²) in [6, 6.07) is 5.51. The van der Waals surface area contributed by atoms with Crippen molar-refractivity contribution in [2.24, 2.45) is 23.0 Å². The Morgan fingerprint density at radius 1 is 1.17 bits per heavy atom. The van der Waals surface area contributed by atoms with E-state index in [1.807, 2.05) is 12.1 Å². The van der Waals surface area contributed by atoms with Crippen LogP contribution in [-0.4, -0.2) is 27.5 Å². The first-order chi connectivity index (χ1) is 10.4. The number of phenols is 1. The summed E-state index contributed by atoms with van der Waals surface area (Å²) < 4.78 is 0. The number of aliphatic hydroxyl groups is 2. The number of nitrogens with two attached hydrogens (primary N) is 1. The zero-order valence-corrected chi connectivity index (χ0v) is 14.2. The second-order valence-corrected chi connectivity index (χ2v) is 7.82. The Balaban J connectivity index is 0.00000156. The lowest BCUT2D eigenvalue weighted by Crippen LogP contribution is -2.46. The highest BCUT2D eigenvalue weighted by molar-refractivity contribution is 5.85. The van der Waals surface area contributed by atoms with E-state index in [2.05, 4.69) is 6.92 Å². The first-order valence-corrected chi connectivity index (χ1v) is 8.36. The van der Waals surface area contributed by atoms with Gasteiger partial charge in [-0.3, -0.25) is 0 Å². The number of hydrogen-bond acceptors (Lipinski definition) is 4. The molecule has 0 amide bonds. The molecule has 2 saturated carbocycles. The number of phenolic OH excluding ortho intramolecular Hbond substituents is 1. The highest BCUT2D eigenvalue weighted by Gasteiger charge is 2.58. The molecule has 2 fully saturated rings. The van der Waals surface area contributed by atoms with Crippen LogP contribution in [0, 0.1) is 17.3 Å². The maximum absolute atomic E-state index is 10.4. The fourth-order valence-electron chi connectivity index (χ4n) is 5.63. The van der Waals surface area contributed by atoms with E-state index in [1.54, 1.807) is 6.07 Å². The van der Waals surface area contributed by atoms with Gasteiger partial charge in [0.25, 0.3) is 0 Å². The van der Waals surface area contributed by atoms with Crippen molar-refractivity contribution in [2.45, 2.75) is 56.8 Å². The number of halogens is 1. The SMILES string of the molecule is C[C@]12CCC3c4ccc(O)cc4[C@H](N)CC3C1C[C@@H](O)[C@@H]2O.Cl. The third-order valence-electron chi connectivity index (χ3n) is 6.81. The number of hydrogen-bond donors (Lipinski definition) is 4. The van der Waals surface area contributed by atoms with Crippen LogP contribution in [0.5, 0.6) is 5.75 Å². The molecular formula is C18H26ClNO3. The van der Waals surface area contributed by atoms with Gasteiger partial charge >= 0.3 is 0 Å². The molecule has 1 aromatic rings. The summed E-state index contributed by atoms with van der Waals surface area (Å²) in [5.74, 6) is 1.45. The Kier molecular flexibility index (Phi) is 4.16. The van der Waals surface area contributed by atoms with Gasteiger partial charge in [0, 0.05) is 6.04 Å². The lowest BCUT2D eigenvalue weighted by molar-refractivity contribution is -0.0516. The summed E-state index contributed by atoms with van der Waals surface area (Å²) in [4.78, 5) is 0. The van der Waals surface area contributed by atoms with Crippen molar-refractivity contribution in [1.82, 2.24) is 0 Å². The Morgan fingerprint density at radius 3 is 2.65 bits per heavy atom. The van der Waals surface area contributed by atoms with Crippen molar-refractivity contribution in [2.75, 3.05) is 0 Å². The first-order valence-electron chi connectivity index (χ1n) is 8.36. The number of benzene rings is 1. The van der Waals surface area contributed by atoms with Crippen LogP contribution in [0.3, 0.4) is 0 Å². The summed E-state index contributed by atoms with van der Waals surface area (Å²) >= 11 is 0. The van der Waals surface area contributed by atoms with Crippen LogP contribution in [0.4, 0.5) is 0 Å². The molecule has 1 aromatic carbocycles. The summed E-state index contributed by atoms with van der Waals surface area (Å²) in [6.07, 6.45) is 2.29. The Hall–Kier alpha value is -0.810. The fourth-order valence-corrected chi connectivity index (χ4v) is 5.63. The highest BCUT2D eigenvalue weighted by Crippen LogP contribution is 2.61. The maximum atomic E-state index is 10.4. The molecule has 3 aliphatic rings. The van der Waals surface area contributed by atoms with Crippen LogP contribution >= 0.6 is 12.4 Å². The topological polar surface area (TPSA) is 86.7 Å². The molecule has 0 saturated heterocycles. The molecule has 4 nitrogen and oxygen atoms in total. The molecule has 7 atom stereocenters. The summed E-state index contributed by atoms with van der Waals surface area (Å²) in [7, 11) is 0. The minimum atomic E-state index is -0.615. The smallest absolute Gasteiger partial charge is 0.115 e. The summed E-state index contributed by atoms with van der Waals surface area (Å²) in [6.45, 7) is 2.13. The number of aromatic hydroxyl groups is 1. The molecule has 0 radical (unpaired) electrons. The minimum Gasteiger partial charge on any atom is -0.508 e. The van der Waals surface area contributed by atoms with Crippen molar-refractivity contribution < 1.29 is 15.3 Å². The van der Waals surface area contributed by atoms with E-state index in [-0.39, 0.29) is 29.6 Å². The Morgan fingerprint density at radius 2 is 1.91 bits per heavy atom. The van der Waals surface area contributed by atoms with Gasteiger partial charge in [-0.15, -0.1) is 12.4 Å². The first kappa shape index (κ1) is 17.0. The molecule has 5 heteroatoms. The monoisotopic (exact) mass is 339 g/mol. The lowest BCUT2D eigenvalue weighted by Gasteiger charge is -2.51. The molecule has 3 aliphatic carbocycles. The van der Waals surface area contributed by atoms with Crippen molar-refractivity contribution in [3.8, 4) is 5.75 Å². The molecule has 0 spiro atoms. The van der Waals surface area contributed by atoms with Crippen LogP contribution < -0.4 is 5.73 Å². The van der Waals surface area contributed by atoms with Crippen molar-refractivity contribution in [1.29, 1.82) is 0 Å².